The van der Waals surface area contributed by atoms with Crippen molar-refractivity contribution in [3.8, 4) is 28.0 Å². The first-order valence-electron chi connectivity index (χ1n) is 12.9. The van der Waals surface area contributed by atoms with Crippen LogP contribution in [0.1, 0.15) is 44.6 Å². The number of aryl methyl sites for hydroxylation is 1. The number of benzene rings is 3. The van der Waals surface area contributed by atoms with E-state index in [9.17, 15) is 17.6 Å². The molecule has 1 aliphatic rings. The molecule has 2 unspecified atom stereocenters. The van der Waals surface area contributed by atoms with Crippen LogP contribution < -0.4 is 4.74 Å². The van der Waals surface area contributed by atoms with Gasteiger partial charge in [-0.1, -0.05) is 30.3 Å². The lowest BCUT2D eigenvalue weighted by molar-refractivity contribution is -0.0212. The number of allylic oxidation sites excluding steroid dienone is 1. The second-order valence-corrected chi connectivity index (χ2v) is 9.57. The highest BCUT2D eigenvalue weighted by molar-refractivity contribution is 5.72. The fourth-order valence-electron chi connectivity index (χ4n) is 4.89. The van der Waals surface area contributed by atoms with Crippen LogP contribution in [-0.4, -0.2) is 19.3 Å². The molecular weight excluding hydrogens is 499 g/mol. The predicted molar refractivity (Wildman–Crippen MR) is 138 cm³/mol. The summed E-state index contributed by atoms with van der Waals surface area (Å²) in [5.74, 6) is -5.55. The van der Waals surface area contributed by atoms with Crippen molar-refractivity contribution in [2.75, 3.05) is 13.2 Å². The van der Waals surface area contributed by atoms with E-state index in [2.05, 4.69) is 6.58 Å². The van der Waals surface area contributed by atoms with Crippen molar-refractivity contribution in [1.29, 1.82) is 0 Å². The number of ether oxygens (including phenoxy) is 2. The molecule has 0 saturated carbocycles. The molecule has 0 spiro atoms. The largest absolute Gasteiger partial charge is 0.491 e. The van der Waals surface area contributed by atoms with E-state index in [1.54, 1.807) is 13.0 Å². The van der Waals surface area contributed by atoms with Crippen LogP contribution in [0.5, 0.6) is 5.75 Å². The minimum Gasteiger partial charge on any atom is -0.491 e. The van der Waals surface area contributed by atoms with Crippen LogP contribution in [0.3, 0.4) is 0 Å². The molecular formula is C31H31F5O2. The van der Waals surface area contributed by atoms with E-state index in [0.29, 0.717) is 30.9 Å². The first-order valence-corrected chi connectivity index (χ1v) is 12.9. The summed E-state index contributed by atoms with van der Waals surface area (Å²) < 4.78 is 84.7. The van der Waals surface area contributed by atoms with Gasteiger partial charge in [0.15, 0.2) is 23.2 Å². The highest BCUT2D eigenvalue weighted by Crippen LogP contribution is 2.36. The van der Waals surface area contributed by atoms with E-state index >= 15 is 4.39 Å². The van der Waals surface area contributed by atoms with Crippen molar-refractivity contribution in [2.24, 2.45) is 5.92 Å². The highest BCUT2D eigenvalue weighted by Gasteiger charge is 2.23. The van der Waals surface area contributed by atoms with Gasteiger partial charge in [-0.2, -0.15) is 4.39 Å². The molecule has 1 fully saturated rings. The maximum Gasteiger partial charge on any atom is 0.201 e. The zero-order valence-electron chi connectivity index (χ0n) is 21.3. The Morgan fingerprint density at radius 1 is 0.868 bits per heavy atom. The Balaban J connectivity index is 1.47. The van der Waals surface area contributed by atoms with Gasteiger partial charge in [-0.15, -0.1) is 6.58 Å². The zero-order chi connectivity index (χ0) is 27.2. The number of hydrogen-bond donors (Lipinski definition) is 0. The lowest BCUT2D eigenvalue weighted by Crippen LogP contribution is -2.26. The van der Waals surface area contributed by atoms with Crippen LogP contribution in [0.2, 0.25) is 0 Å². The van der Waals surface area contributed by atoms with Crippen molar-refractivity contribution < 1.29 is 31.4 Å². The van der Waals surface area contributed by atoms with Crippen molar-refractivity contribution in [1.82, 2.24) is 0 Å². The summed E-state index contributed by atoms with van der Waals surface area (Å²) in [7, 11) is 0. The molecule has 0 amide bonds. The van der Waals surface area contributed by atoms with Gasteiger partial charge >= 0.3 is 0 Å². The first kappa shape index (κ1) is 27.8. The van der Waals surface area contributed by atoms with E-state index < -0.39 is 40.2 Å². The molecule has 1 saturated heterocycles. The molecule has 7 heteroatoms. The second kappa shape index (κ2) is 12.6. The first-order chi connectivity index (χ1) is 18.3. The summed E-state index contributed by atoms with van der Waals surface area (Å²) in [5.41, 5.74) is -0.443. The van der Waals surface area contributed by atoms with E-state index in [-0.39, 0.29) is 29.6 Å². The normalized spacial score (nSPS) is 17.4. The van der Waals surface area contributed by atoms with Crippen LogP contribution in [0.25, 0.3) is 22.3 Å². The van der Waals surface area contributed by atoms with E-state index in [4.69, 9.17) is 9.47 Å². The average Bonchev–Trinajstić information content (AvgIpc) is 2.92. The smallest absolute Gasteiger partial charge is 0.201 e. The lowest BCUT2D eigenvalue weighted by atomic mass is 9.91. The minimum absolute atomic E-state index is 0.0703. The topological polar surface area (TPSA) is 18.5 Å². The van der Waals surface area contributed by atoms with Crippen molar-refractivity contribution in [3.63, 3.8) is 0 Å². The van der Waals surface area contributed by atoms with Gasteiger partial charge in [0.05, 0.1) is 12.7 Å². The van der Waals surface area contributed by atoms with Gasteiger partial charge in [-0.3, -0.25) is 0 Å². The molecule has 202 valence electrons. The Morgan fingerprint density at radius 3 is 2.21 bits per heavy atom. The molecule has 2 atom stereocenters. The molecule has 3 aromatic rings. The van der Waals surface area contributed by atoms with Gasteiger partial charge in [-0.25, -0.2) is 17.6 Å². The zero-order valence-corrected chi connectivity index (χ0v) is 21.3. The monoisotopic (exact) mass is 530 g/mol. The van der Waals surface area contributed by atoms with Gasteiger partial charge in [0.1, 0.15) is 5.82 Å². The van der Waals surface area contributed by atoms with E-state index in [1.807, 2.05) is 6.08 Å². The van der Waals surface area contributed by atoms with E-state index in [0.717, 1.165) is 49.9 Å². The van der Waals surface area contributed by atoms with Gasteiger partial charge in [0.25, 0.3) is 0 Å². The molecule has 4 rings (SSSR count). The summed E-state index contributed by atoms with van der Waals surface area (Å²) in [5, 5.41) is 0. The molecule has 0 aromatic heterocycles. The maximum absolute atomic E-state index is 15.0. The fourth-order valence-corrected chi connectivity index (χ4v) is 4.89. The van der Waals surface area contributed by atoms with Gasteiger partial charge in [0.2, 0.25) is 5.82 Å². The van der Waals surface area contributed by atoms with Crippen LogP contribution >= 0.6 is 0 Å². The second-order valence-electron chi connectivity index (χ2n) is 9.57. The summed E-state index contributed by atoms with van der Waals surface area (Å²) in [6, 6.07) is 8.93. The Hall–Kier alpha value is -3.19. The highest BCUT2D eigenvalue weighted by atomic mass is 19.2. The molecule has 0 aliphatic carbocycles. The molecule has 2 nitrogen and oxygen atoms in total. The van der Waals surface area contributed by atoms with Crippen molar-refractivity contribution >= 4 is 0 Å². The summed E-state index contributed by atoms with van der Waals surface area (Å²) in [6.07, 6.45) is 7.16. The SMILES string of the molecule is C=CCCC1CCC(CCc2ccc(-c3ccc(-c4ccc(OCC)c(F)c4F)c(F)c3F)cc2F)OC1. The molecule has 0 bridgehead atoms. The fraction of sp³-hybridized carbons (Fsp3) is 0.355. The quantitative estimate of drug-likeness (QED) is 0.193. The number of rotatable bonds is 10. The van der Waals surface area contributed by atoms with Crippen LogP contribution in [0.4, 0.5) is 22.0 Å². The molecule has 1 heterocycles. The number of halogens is 5. The van der Waals surface area contributed by atoms with E-state index in [1.165, 1.54) is 12.1 Å². The Morgan fingerprint density at radius 2 is 1.55 bits per heavy atom. The summed E-state index contributed by atoms with van der Waals surface area (Å²) in [6.45, 7) is 6.18. The molecule has 1 aliphatic heterocycles. The minimum atomic E-state index is -1.35. The molecule has 38 heavy (non-hydrogen) atoms. The maximum atomic E-state index is 15.0. The van der Waals surface area contributed by atoms with Crippen molar-refractivity contribution in [2.45, 2.75) is 51.6 Å². The Bertz CT molecular complexity index is 1280. The van der Waals surface area contributed by atoms with Crippen LogP contribution in [0.15, 0.2) is 55.1 Å². The number of hydrogen-bond acceptors (Lipinski definition) is 2. The molecule has 0 radical (unpaired) electrons. The third kappa shape index (κ3) is 6.09. The van der Waals surface area contributed by atoms with Gasteiger partial charge in [0, 0.05) is 23.3 Å². The third-order valence-corrected chi connectivity index (χ3v) is 7.06. The standard InChI is InChI=1S/C31H31F5O2/c1-3-5-6-19-7-11-22(38-18-19)12-10-20-8-9-21(17-26(20)32)23-13-14-24(29(34)28(23)33)25-15-16-27(37-4-2)31(36)30(25)35/h3,8-9,13-17,19,22H,1,4-7,10-12,18H2,2H3. The Labute approximate surface area is 220 Å². The predicted octanol–water partition coefficient (Wildman–Crippen LogP) is 8.81. The third-order valence-electron chi connectivity index (χ3n) is 7.06. The van der Waals surface area contributed by atoms with Crippen LogP contribution in [0, 0.1) is 35.0 Å². The Kier molecular flexibility index (Phi) is 9.21. The molecule has 0 N–H and O–H groups in total. The van der Waals surface area contributed by atoms with Gasteiger partial charge in [-0.05, 0) is 80.7 Å². The summed E-state index contributed by atoms with van der Waals surface area (Å²) in [4.78, 5) is 0. The van der Waals surface area contributed by atoms with Gasteiger partial charge < -0.3 is 9.47 Å². The summed E-state index contributed by atoms with van der Waals surface area (Å²) >= 11 is 0. The lowest BCUT2D eigenvalue weighted by Gasteiger charge is -2.29. The van der Waals surface area contributed by atoms with Crippen molar-refractivity contribution in [3.05, 3.63) is 89.8 Å². The van der Waals surface area contributed by atoms with Crippen LogP contribution in [-0.2, 0) is 11.2 Å². The average molecular weight is 531 g/mol. The molecule has 3 aromatic carbocycles.